The lowest BCUT2D eigenvalue weighted by molar-refractivity contribution is -0.131. The van der Waals surface area contributed by atoms with E-state index in [0.29, 0.717) is 6.42 Å². The van der Waals surface area contributed by atoms with Gasteiger partial charge in [-0.3, -0.25) is 4.79 Å². The zero-order valence-electron chi connectivity index (χ0n) is 29.5. The van der Waals surface area contributed by atoms with Crippen LogP contribution < -0.4 is 5.32 Å². The first-order chi connectivity index (χ1) is 22.1. The molecular weight excluding hydrogens is 558 g/mol. The van der Waals surface area contributed by atoms with Crippen LogP contribution >= 0.6 is 0 Å². The Morgan fingerprint density at radius 1 is 0.533 bits per heavy atom. The predicted molar refractivity (Wildman–Crippen MR) is 194 cm³/mol. The summed E-state index contributed by atoms with van der Waals surface area (Å²) in [4.78, 5) is 12.3. The number of carbonyl (C=O) groups excluding carboxylic acids is 1. The third kappa shape index (κ3) is 30.7. The molecule has 0 saturated heterocycles. The van der Waals surface area contributed by atoms with Gasteiger partial charge in [-0.15, -0.1) is 0 Å². The zero-order chi connectivity index (χ0) is 33.1. The molecule has 0 aromatic rings. The van der Waals surface area contributed by atoms with Gasteiger partial charge in [-0.2, -0.15) is 0 Å². The molecule has 0 aromatic heterocycles. The Kier molecular flexibility index (Phi) is 33.8. The predicted octanol–water partition coefficient (Wildman–Crippen LogP) is 10.2. The largest absolute Gasteiger partial charge is 0.394 e. The number of nitrogens with one attached hydrogen (secondary N) is 1. The molecule has 4 N–H and O–H groups in total. The van der Waals surface area contributed by atoms with Crippen molar-refractivity contribution in [3.63, 3.8) is 0 Å². The number of allylic oxidation sites excluding steroid dienone is 7. The van der Waals surface area contributed by atoms with Crippen LogP contribution in [0, 0.1) is 0 Å². The summed E-state index contributed by atoms with van der Waals surface area (Å²) in [5.41, 5.74) is 0. The highest BCUT2D eigenvalue weighted by Gasteiger charge is 2.22. The standard InChI is InChI=1S/C40H73NO4/c1-3-5-7-9-11-13-15-16-17-18-19-20-21-22-23-24-25-27-28-30-32-34-38(43)37(36-42)41-40(45)39(44)35-33-31-29-26-14-12-10-8-6-4-2/h10,12,21-22,25,27,32,34,37-39,42-44H,3-9,11,13-20,23-24,26,28-31,33,35-36H2,1-2H3,(H,41,45)/b12-10-,22-21+,27-25+,34-32+. The number of rotatable bonds is 33. The number of amides is 1. The lowest BCUT2D eigenvalue weighted by Crippen LogP contribution is -2.48. The zero-order valence-corrected chi connectivity index (χ0v) is 29.5. The Morgan fingerprint density at radius 3 is 1.42 bits per heavy atom. The molecule has 0 radical (unpaired) electrons. The third-order valence-corrected chi connectivity index (χ3v) is 8.37. The van der Waals surface area contributed by atoms with Gasteiger partial charge in [0.1, 0.15) is 6.10 Å². The summed E-state index contributed by atoms with van der Waals surface area (Å²) in [6.07, 6.45) is 44.2. The minimum Gasteiger partial charge on any atom is -0.394 e. The van der Waals surface area contributed by atoms with Gasteiger partial charge in [0.25, 0.3) is 0 Å². The molecule has 0 heterocycles. The van der Waals surface area contributed by atoms with Crippen molar-refractivity contribution in [2.45, 2.75) is 193 Å². The van der Waals surface area contributed by atoms with Crippen molar-refractivity contribution < 1.29 is 20.1 Å². The monoisotopic (exact) mass is 632 g/mol. The van der Waals surface area contributed by atoms with Gasteiger partial charge < -0.3 is 20.6 Å². The molecule has 262 valence electrons. The van der Waals surface area contributed by atoms with E-state index in [9.17, 15) is 20.1 Å². The van der Waals surface area contributed by atoms with Gasteiger partial charge in [-0.1, -0.05) is 159 Å². The Bertz CT molecular complexity index is 745. The Balaban J connectivity index is 3.81. The Morgan fingerprint density at radius 2 is 0.933 bits per heavy atom. The maximum Gasteiger partial charge on any atom is 0.249 e. The average Bonchev–Trinajstić information content (AvgIpc) is 3.04. The fourth-order valence-corrected chi connectivity index (χ4v) is 5.31. The summed E-state index contributed by atoms with van der Waals surface area (Å²) in [6, 6.07) is -0.824. The molecule has 3 unspecified atom stereocenters. The first kappa shape index (κ1) is 43.3. The number of aliphatic hydroxyl groups excluding tert-OH is 3. The smallest absolute Gasteiger partial charge is 0.249 e. The maximum absolute atomic E-state index is 12.3. The first-order valence-electron chi connectivity index (χ1n) is 19.0. The molecule has 3 atom stereocenters. The lowest BCUT2D eigenvalue weighted by atomic mass is 10.1. The Labute approximate surface area is 278 Å². The number of hydrogen-bond donors (Lipinski definition) is 4. The van der Waals surface area contributed by atoms with Crippen LogP contribution in [0.5, 0.6) is 0 Å². The van der Waals surface area contributed by atoms with Crippen molar-refractivity contribution in [1.29, 1.82) is 0 Å². The molecule has 0 spiro atoms. The van der Waals surface area contributed by atoms with Crippen molar-refractivity contribution in [3.8, 4) is 0 Å². The molecule has 0 bridgehead atoms. The topological polar surface area (TPSA) is 89.8 Å². The van der Waals surface area contributed by atoms with Crippen LogP contribution in [0.4, 0.5) is 0 Å². The summed E-state index contributed by atoms with van der Waals surface area (Å²) in [6.45, 7) is 4.09. The summed E-state index contributed by atoms with van der Waals surface area (Å²) < 4.78 is 0. The second-order valence-electron chi connectivity index (χ2n) is 12.8. The molecule has 0 aromatic carbocycles. The number of aliphatic hydroxyl groups is 3. The molecule has 0 rings (SSSR count). The van der Waals surface area contributed by atoms with Gasteiger partial charge in [-0.25, -0.2) is 0 Å². The van der Waals surface area contributed by atoms with Crippen LogP contribution in [0.15, 0.2) is 48.6 Å². The number of hydrogen-bond acceptors (Lipinski definition) is 4. The molecule has 45 heavy (non-hydrogen) atoms. The highest BCUT2D eigenvalue weighted by molar-refractivity contribution is 5.80. The molecule has 5 nitrogen and oxygen atoms in total. The van der Waals surface area contributed by atoms with E-state index >= 15 is 0 Å². The van der Waals surface area contributed by atoms with E-state index in [1.54, 1.807) is 6.08 Å². The van der Waals surface area contributed by atoms with E-state index in [1.165, 1.54) is 89.9 Å². The third-order valence-electron chi connectivity index (χ3n) is 8.37. The van der Waals surface area contributed by atoms with Crippen LogP contribution in [-0.4, -0.2) is 46.1 Å². The van der Waals surface area contributed by atoms with E-state index in [-0.39, 0.29) is 6.61 Å². The summed E-state index contributed by atoms with van der Waals surface area (Å²) >= 11 is 0. The highest BCUT2D eigenvalue weighted by Crippen LogP contribution is 2.13. The van der Waals surface area contributed by atoms with Gasteiger partial charge in [0.2, 0.25) is 5.91 Å². The fourth-order valence-electron chi connectivity index (χ4n) is 5.31. The molecule has 0 aliphatic heterocycles. The van der Waals surface area contributed by atoms with E-state index in [2.05, 4.69) is 55.6 Å². The Hall–Kier alpha value is -1.69. The van der Waals surface area contributed by atoms with Crippen LogP contribution in [0.2, 0.25) is 0 Å². The van der Waals surface area contributed by atoms with E-state index < -0.39 is 24.2 Å². The van der Waals surface area contributed by atoms with Gasteiger partial charge >= 0.3 is 0 Å². The van der Waals surface area contributed by atoms with Crippen molar-refractivity contribution in [2.75, 3.05) is 6.61 Å². The average molecular weight is 632 g/mol. The summed E-state index contributed by atoms with van der Waals surface area (Å²) in [5, 5.41) is 32.8. The second-order valence-corrected chi connectivity index (χ2v) is 12.8. The molecule has 5 heteroatoms. The van der Waals surface area contributed by atoms with E-state index in [1.807, 2.05) is 6.08 Å². The van der Waals surface area contributed by atoms with Crippen molar-refractivity contribution in [1.82, 2.24) is 5.32 Å². The number of unbranched alkanes of at least 4 members (excludes halogenated alkanes) is 19. The van der Waals surface area contributed by atoms with Crippen LogP contribution in [0.1, 0.15) is 174 Å². The van der Waals surface area contributed by atoms with Crippen molar-refractivity contribution >= 4 is 5.91 Å². The summed E-state index contributed by atoms with van der Waals surface area (Å²) in [5.74, 6) is -0.531. The molecule has 0 saturated carbocycles. The molecule has 0 fully saturated rings. The molecule has 1 amide bonds. The van der Waals surface area contributed by atoms with Crippen molar-refractivity contribution in [2.24, 2.45) is 0 Å². The van der Waals surface area contributed by atoms with Crippen LogP contribution in [0.3, 0.4) is 0 Å². The molecular formula is C40H73NO4. The van der Waals surface area contributed by atoms with E-state index in [4.69, 9.17) is 0 Å². The molecule has 0 aliphatic rings. The SMILES string of the molecule is CCCC/C=C\CCCCCCC(O)C(=O)NC(CO)C(O)/C=C/CC/C=C/CC/C=C/CCCCCCCCCCCCC. The highest BCUT2D eigenvalue weighted by atomic mass is 16.3. The normalized spacial score (nSPS) is 14.3. The van der Waals surface area contributed by atoms with Gasteiger partial charge in [0.15, 0.2) is 0 Å². The van der Waals surface area contributed by atoms with Crippen LogP contribution in [-0.2, 0) is 4.79 Å². The van der Waals surface area contributed by atoms with Gasteiger partial charge in [0, 0.05) is 0 Å². The van der Waals surface area contributed by atoms with E-state index in [0.717, 1.165) is 64.2 Å². The quantitative estimate of drug-likeness (QED) is 0.0429. The first-order valence-corrected chi connectivity index (χ1v) is 19.0. The van der Waals surface area contributed by atoms with Crippen LogP contribution in [0.25, 0.3) is 0 Å². The van der Waals surface area contributed by atoms with Gasteiger partial charge in [-0.05, 0) is 64.2 Å². The molecule has 0 aliphatic carbocycles. The maximum atomic E-state index is 12.3. The van der Waals surface area contributed by atoms with Gasteiger partial charge in [0.05, 0.1) is 18.8 Å². The van der Waals surface area contributed by atoms with Crippen molar-refractivity contribution in [3.05, 3.63) is 48.6 Å². The lowest BCUT2D eigenvalue weighted by Gasteiger charge is -2.21. The number of carbonyl (C=O) groups is 1. The minimum absolute atomic E-state index is 0.386. The summed E-state index contributed by atoms with van der Waals surface area (Å²) in [7, 11) is 0. The minimum atomic E-state index is -1.12. The fraction of sp³-hybridized carbons (Fsp3) is 0.775. The second kappa shape index (κ2) is 35.2.